The second-order valence-electron chi connectivity index (χ2n) is 6.06. The second-order valence-corrected chi connectivity index (χ2v) is 6.06. The van der Waals surface area contributed by atoms with Crippen LogP contribution in [0.5, 0.6) is 0 Å². The largest absolute Gasteiger partial charge is 0.298 e. The van der Waals surface area contributed by atoms with Crippen molar-refractivity contribution in [2.45, 2.75) is 50.7 Å². The van der Waals surface area contributed by atoms with Crippen molar-refractivity contribution in [2.75, 3.05) is 0 Å². The van der Waals surface area contributed by atoms with Crippen molar-refractivity contribution in [2.24, 2.45) is 5.92 Å². The molecule has 0 aromatic heterocycles. The summed E-state index contributed by atoms with van der Waals surface area (Å²) in [5, 5.41) is 0. The van der Waals surface area contributed by atoms with Crippen molar-refractivity contribution in [3.63, 3.8) is 0 Å². The topological polar surface area (TPSA) is 20.3 Å². The van der Waals surface area contributed by atoms with E-state index in [1.807, 2.05) is 0 Å². The molecule has 3 rings (SSSR count). The van der Waals surface area contributed by atoms with Crippen LogP contribution in [0, 0.1) is 18.3 Å². The lowest BCUT2D eigenvalue weighted by Crippen LogP contribution is -2.44. The summed E-state index contributed by atoms with van der Waals surface area (Å²) >= 11 is 0. The first-order chi connectivity index (χ1) is 9.78. The standard InChI is InChI=1S/C18H21NO/c1-2-6-18(20)15-11-16-9-10-17(12-15)19(16)13-14-7-4-3-5-8-14/h1,3-5,7-8,15-17H,6,9-13H2. The number of carbonyl (C=O) groups excluding carboxylic acids is 1. The molecular formula is C18H21NO. The van der Waals surface area contributed by atoms with E-state index in [-0.39, 0.29) is 11.7 Å². The minimum absolute atomic E-state index is 0.204. The molecule has 0 amide bonds. The predicted molar refractivity (Wildman–Crippen MR) is 80.0 cm³/mol. The maximum atomic E-state index is 12.0. The highest BCUT2D eigenvalue weighted by atomic mass is 16.1. The highest BCUT2D eigenvalue weighted by Gasteiger charge is 2.42. The van der Waals surface area contributed by atoms with E-state index in [1.165, 1.54) is 18.4 Å². The van der Waals surface area contributed by atoms with Crippen LogP contribution in [0.1, 0.15) is 37.7 Å². The molecule has 104 valence electrons. The van der Waals surface area contributed by atoms with Crippen LogP contribution in [0.25, 0.3) is 0 Å². The summed E-state index contributed by atoms with van der Waals surface area (Å²) in [6.45, 7) is 1.02. The van der Waals surface area contributed by atoms with Gasteiger partial charge in [-0.1, -0.05) is 36.3 Å². The average Bonchev–Trinajstić information content (AvgIpc) is 2.71. The molecule has 20 heavy (non-hydrogen) atoms. The highest BCUT2D eigenvalue weighted by molar-refractivity contribution is 5.83. The van der Waals surface area contributed by atoms with E-state index in [4.69, 9.17) is 6.42 Å². The van der Waals surface area contributed by atoms with E-state index < -0.39 is 0 Å². The summed E-state index contributed by atoms with van der Waals surface area (Å²) < 4.78 is 0. The summed E-state index contributed by atoms with van der Waals surface area (Å²) in [6, 6.07) is 11.8. The average molecular weight is 267 g/mol. The third-order valence-electron chi connectivity index (χ3n) is 4.82. The predicted octanol–water partition coefficient (Wildman–Crippen LogP) is 3.02. The van der Waals surface area contributed by atoms with E-state index in [0.29, 0.717) is 18.5 Å². The number of rotatable bonds is 4. The summed E-state index contributed by atoms with van der Waals surface area (Å²) in [7, 11) is 0. The molecule has 2 heterocycles. The van der Waals surface area contributed by atoms with Gasteiger partial charge in [0, 0.05) is 24.5 Å². The molecule has 1 aromatic rings. The number of piperidine rings is 1. The molecule has 1 aromatic carbocycles. The molecule has 0 spiro atoms. The number of benzene rings is 1. The van der Waals surface area contributed by atoms with E-state index in [0.717, 1.165) is 19.4 Å². The molecule has 0 N–H and O–H groups in total. The number of Topliss-reactive ketones (excluding diaryl/α,β-unsaturated/α-hetero) is 1. The smallest absolute Gasteiger partial charge is 0.147 e. The maximum Gasteiger partial charge on any atom is 0.147 e. The second kappa shape index (κ2) is 5.81. The van der Waals surface area contributed by atoms with Crippen LogP contribution in [0.15, 0.2) is 30.3 Å². The Hall–Kier alpha value is -1.59. The van der Waals surface area contributed by atoms with Crippen molar-refractivity contribution in [1.29, 1.82) is 0 Å². The Morgan fingerprint density at radius 2 is 1.85 bits per heavy atom. The van der Waals surface area contributed by atoms with Crippen LogP contribution < -0.4 is 0 Å². The zero-order valence-corrected chi connectivity index (χ0v) is 11.8. The third-order valence-corrected chi connectivity index (χ3v) is 4.82. The van der Waals surface area contributed by atoms with Crippen LogP contribution in [-0.4, -0.2) is 22.8 Å². The Morgan fingerprint density at radius 3 is 2.45 bits per heavy atom. The Bertz CT molecular complexity index is 502. The fourth-order valence-corrected chi connectivity index (χ4v) is 3.83. The van der Waals surface area contributed by atoms with Crippen molar-refractivity contribution < 1.29 is 4.79 Å². The summed E-state index contributed by atoms with van der Waals surface area (Å²) in [6.07, 6.45) is 10.1. The van der Waals surface area contributed by atoms with E-state index in [1.54, 1.807) is 0 Å². The molecule has 0 aliphatic carbocycles. The van der Waals surface area contributed by atoms with Gasteiger partial charge in [0.15, 0.2) is 0 Å². The van der Waals surface area contributed by atoms with Crippen LogP contribution in [-0.2, 0) is 11.3 Å². The first-order valence-electron chi connectivity index (χ1n) is 7.53. The number of hydrogen-bond donors (Lipinski definition) is 0. The number of nitrogens with zero attached hydrogens (tertiary/aromatic N) is 1. The molecule has 0 saturated carbocycles. The Balaban J connectivity index is 1.66. The molecule has 2 aliphatic rings. The fourth-order valence-electron chi connectivity index (χ4n) is 3.83. The Labute approximate surface area is 121 Å². The van der Waals surface area contributed by atoms with E-state index in [9.17, 15) is 4.79 Å². The van der Waals surface area contributed by atoms with E-state index in [2.05, 4.69) is 41.2 Å². The lowest BCUT2D eigenvalue weighted by molar-refractivity contribution is -0.124. The molecule has 2 nitrogen and oxygen atoms in total. The SMILES string of the molecule is C#CCC(=O)C1CC2CCC(C1)N2Cc1ccccc1. The zero-order valence-electron chi connectivity index (χ0n) is 11.8. The van der Waals surface area contributed by atoms with Gasteiger partial charge in [-0.05, 0) is 31.2 Å². The quantitative estimate of drug-likeness (QED) is 0.782. The van der Waals surface area contributed by atoms with Crippen LogP contribution in [0.3, 0.4) is 0 Å². The number of carbonyl (C=O) groups is 1. The van der Waals surface area contributed by atoms with Crippen molar-refractivity contribution >= 4 is 5.78 Å². The van der Waals surface area contributed by atoms with Crippen LogP contribution in [0.2, 0.25) is 0 Å². The monoisotopic (exact) mass is 267 g/mol. The molecule has 2 heteroatoms. The van der Waals surface area contributed by atoms with Crippen LogP contribution >= 0.6 is 0 Å². The number of ketones is 1. The van der Waals surface area contributed by atoms with Gasteiger partial charge in [0.1, 0.15) is 5.78 Å². The number of hydrogen-bond acceptors (Lipinski definition) is 2. The van der Waals surface area contributed by atoms with Gasteiger partial charge in [-0.25, -0.2) is 0 Å². The minimum atomic E-state index is 0.204. The third kappa shape index (κ3) is 2.64. The molecule has 2 atom stereocenters. The van der Waals surface area contributed by atoms with Gasteiger partial charge in [0.25, 0.3) is 0 Å². The van der Waals surface area contributed by atoms with Gasteiger partial charge >= 0.3 is 0 Å². The van der Waals surface area contributed by atoms with Gasteiger partial charge in [-0.2, -0.15) is 0 Å². The molecule has 2 unspecified atom stereocenters. The van der Waals surface area contributed by atoms with Crippen molar-refractivity contribution in [3.8, 4) is 12.3 Å². The van der Waals surface area contributed by atoms with Gasteiger partial charge in [-0.3, -0.25) is 9.69 Å². The van der Waals surface area contributed by atoms with E-state index >= 15 is 0 Å². The van der Waals surface area contributed by atoms with Crippen molar-refractivity contribution in [1.82, 2.24) is 4.90 Å². The molecule has 2 fully saturated rings. The molecule has 0 radical (unpaired) electrons. The lowest BCUT2D eigenvalue weighted by Gasteiger charge is -2.38. The lowest BCUT2D eigenvalue weighted by atomic mass is 9.86. The Kier molecular flexibility index (Phi) is 3.89. The molecule has 2 aliphatic heterocycles. The zero-order chi connectivity index (χ0) is 13.9. The first-order valence-corrected chi connectivity index (χ1v) is 7.53. The van der Waals surface area contributed by atoms with Gasteiger partial charge in [0.2, 0.25) is 0 Å². The first kappa shape index (κ1) is 13.4. The fraction of sp³-hybridized carbons (Fsp3) is 0.500. The van der Waals surface area contributed by atoms with Gasteiger partial charge < -0.3 is 0 Å². The minimum Gasteiger partial charge on any atom is -0.298 e. The molecule has 2 saturated heterocycles. The molecule has 2 bridgehead atoms. The van der Waals surface area contributed by atoms with Crippen molar-refractivity contribution in [3.05, 3.63) is 35.9 Å². The maximum absolute atomic E-state index is 12.0. The summed E-state index contributed by atoms with van der Waals surface area (Å²) in [5.74, 6) is 2.99. The molecular weight excluding hydrogens is 246 g/mol. The number of fused-ring (bicyclic) bond motifs is 2. The summed E-state index contributed by atoms with van der Waals surface area (Å²) in [5.41, 5.74) is 1.37. The van der Waals surface area contributed by atoms with Gasteiger partial charge in [-0.15, -0.1) is 6.42 Å². The highest BCUT2D eigenvalue weighted by Crippen LogP contribution is 2.40. The normalized spacial score (nSPS) is 29.1. The Morgan fingerprint density at radius 1 is 1.20 bits per heavy atom. The van der Waals surface area contributed by atoms with Gasteiger partial charge in [0.05, 0.1) is 6.42 Å². The summed E-state index contributed by atoms with van der Waals surface area (Å²) in [4.78, 5) is 14.6. The number of terminal acetylenes is 1. The van der Waals surface area contributed by atoms with Crippen LogP contribution in [0.4, 0.5) is 0 Å².